The fourth-order valence-electron chi connectivity index (χ4n) is 4.33. The third-order valence-corrected chi connectivity index (χ3v) is 9.86. The highest BCUT2D eigenvalue weighted by atomic mass is 35.5. The van der Waals surface area contributed by atoms with Crippen molar-refractivity contribution >= 4 is 38.9 Å². The van der Waals surface area contributed by atoms with Crippen molar-refractivity contribution in [1.29, 1.82) is 0 Å². The molecule has 1 amide bonds. The molecule has 0 radical (unpaired) electrons. The van der Waals surface area contributed by atoms with Gasteiger partial charge in [0.2, 0.25) is 15.9 Å². The van der Waals surface area contributed by atoms with Gasteiger partial charge in [-0.1, -0.05) is 36.2 Å². The summed E-state index contributed by atoms with van der Waals surface area (Å²) in [5.74, 6) is 0.504. The average molecular weight is 547 g/mol. The molecule has 2 heterocycles. The first-order valence-electron chi connectivity index (χ1n) is 12.0. The van der Waals surface area contributed by atoms with Gasteiger partial charge in [-0.25, -0.2) is 8.42 Å². The van der Waals surface area contributed by atoms with E-state index in [-0.39, 0.29) is 29.4 Å². The largest absolute Gasteiger partial charge is 0.491 e. The number of sulfonamides is 1. The first kappa shape index (κ1) is 26.7. The monoisotopic (exact) mass is 546 g/mol. The summed E-state index contributed by atoms with van der Waals surface area (Å²) in [6.07, 6.45) is 1.32. The molecule has 1 aliphatic rings. The number of ether oxygens (including phenoxy) is 1. The Labute approximate surface area is 222 Å². The zero-order chi connectivity index (χ0) is 25.9. The van der Waals surface area contributed by atoms with E-state index in [1.54, 1.807) is 28.4 Å². The Kier molecular flexibility index (Phi) is 8.40. The van der Waals surface area contributed by atoms with E-state index in [9.17, 15) is 13.2 Å². The normalized spacial score (nSPS) is 16.6. The number of hydrogen-bond donors (Lipinski definition) is 0. The van der Waals surface area contributed by atoms with Gasteiger partial charge in [0, 0.05) is 22.5 Å². The molecule has 2 aromatic carbocycles. The highest BCUT2D eigenvalue weighted by molar-refractivity contribution is 7.89. The second kappa shape index (κ2) is 11.3. The predicted octanol–water partition coefficient (Wildman–Crippen LogP) is 5.70. The van der Waals surface area contributed by atoms with Crippen molar-refractivity contribution in [1.82, 2.24) is 9.21 Å². The van der Waals surface area contributed by atoms with Crippen LogP contribution in [-0.2, 0) is 21.2 Å². The molecule has 4 rings (SSSR count). The van der Waals surface area contributed by atoms with Crippen LogP contribution in [0.2, 0.25) is 5.02 Å². The Morgan fingerprint density at radius 3 is 2.53 bits per heavy atom. The summed E-state index contributed by atoms with van der Waals surface area (Å²) in [5.41, 5.74) is 2.21. The molecule has 9 heteroatoms. The summed E-state index contributed by atoms with van der Waals surface area (Å²) in [7, 11) is -3.89. The van der Waals surface area contributed by atoms with Crippen LogP contribution in [0.5, 0.6) is 5.75 Å². The molecular formula is C27H31ClN2O4S2. The van der Waals surface area contributed by atoms with Crippen molar-refractivity contribution in [3.8, 4) is 5.75 Å². The number of fused-ring (bicyclic) bond motifs is 1. The Hall–Kier alpha value is -2.39. The molecule has 3 aromatic rings. The number of benzene rings is 2. The Morgan fingerprint density at radius 1 is 1.17 bits per heavy atom. The van der Waals surface area contributed by atoms with Gasteiger partial charge in [-0.15, -0.1) is 11.3 Å². The van der Waals surface area contributed by atoms with Crippen LogP contribution in [0.3, 0.4) is 0 Å². The number of aryl methyl sites for hydroxylation is 1. The van der Waals surface area contributed by atoms with Crippen molar-refractivity contribution in [2.24, 2.45) is 0 Å². The van der Waals surface area contributed by atoms with E-state index in [4.69, 9.17) is 16.3 Å². The molecule has 2 atom stereocenters. The standard InChI is InChI=1S/C27H31ClN2O4S2/c1-4-20(3)30(36(32,33)23-11-7-21(28)8-12-23)17-27(31)29-15-13-26-24(14-16-35-26)25(29)18-34-22-9-5-19(2)6-10-22/h5-12,14,16,20,25H,4,13,15,17-18H2,1-3H3/t20-,25-/m1/s1. The van der Waals surface area contributed by atoms with Crippen molar-refractivity contribution in [2.45, 2.75) is 50.6 Å². The van der Waals surface area contributed by atoms with Crippen molar-refractivity contribution in [3.05, 3.63) is 81.0 Å². The van der Waals surface area contributed by atoms with Gasteiger partial charge in [-0.05, 0) is 80.1 Å². The summed E-state index contributed by atoms with van der Waals surface area (Å²) in [6, 6.07) is 15.3. The van der Waals surface area contributed by atoms with Crippen LogP contribution in [0.15, 0.2) is 64.9 Å². The highest BCUT2D eigenvalue weighted by Gasteiger charge is 2.36. The Morgan fingerprint density at radius 2 is 1.86 bits per heavy atom. The smallest absolute Gasteiger partial charge is 0.243 e. The molecule has 0 unspecified atom stereocenters. The van der Waals surface area contributed by atoms with Gasteiger partial charge in [0.1, 0.15) is 12.4 Å². The molecule has 192 valence electrons. The molecule has 0 fully saturated rings. The molecule has 0 bridgehead atoms. The molecular weight excluding hydrogens is 516 g/mol. The minimum atomic E-state index is -3.89. The zero-order valence-corrected chi connectivity index (χ0v) is 23.1. The third kappa shape index (κ3) is 5.78. The fraction of sp³-hybridized carbons (Fsp3) is 0.370. The minimum Gasteiger partial charge on any atom is -0.491 e. The lowest BCUT2D eigenvalue weighted by atomic mass is 10.0. The van der Waals surface area contributed by atoms with Gasteiger partial charge < -0.3 is 9.64 Å². The van der Waals surface area contributed by atoms with E-state index in [2.05, 4.69) is 0 Å². The third-order valence-electron chi connectivity index (χ3n) is 6.64. The van der Waals surface area contributed by atoms with Gasteiger partial charge in [-0.3, -0.25) is 4.79 Å². The maximum absolute atomic E-state index is 13.7. The van der Waals surface area contributed by atoms with Gasteiger partial charge in [0.15, 0.2) is 0 Å². The molecule has 36 heavy (non-hydrogen) atoms. The summed E-state index contributed by atoms with van der Waals surface area (Å²) in [4.78, 5) is 16.8. The van der Waals surface area contributed by atoms with E-state index in [1.807, 2.05) is 56.5 Å². The van der Waals surface area contributed by atoms with Gasteiger partial charge >= 0.3 is 0 Å². The van der Waals surface area contributed by atoms with Gasteiger partial charge in [0.05, 0.1) is 17.5 Å². The lowest BCUT2D eigenvalue weighted by Crippen LogP contribution is -2.49. The van der Waals surface area contributed by atoms with E-state index in [0.717, 1.165) is 23.3 Å². The topological polar surface area (TPSA) is 66.9 Å². The van der Waals surface area contributed by atoms with Crippen molar-refractivity contribution < 1.29 is 17.9 Å². The quantitative estimate of drug-likeness (QED) is 0.345. The molecule has 0 spiro atoms. The SMILES string of the molecule is CC[C@@H](C)N(CC(=O)N1CCc2sccc2[C@H]1COc1ccc(C)cc1)S(=O)(=O)c1ccc(Cl)cc1. The molecule has 1 aliphatic heterocycles. The van der Waals surface area contributed by atoms with Gasteiger partial charge in [0.25, 0.3) is 0 Å². The lowest BCUT2D eigenvalue weighted by molar-refractivity contribution is -0.135. The number of rotatable bonds is 9. The number of carbonyl (C=O) groups excluding carboxylic acids is 1. The van der Waals surface area contributed by atoms with Crippen LogP contribution in [-0.4, -0.2) is 49.3 Å². The Bertz CT molecular complexity index is 1290. The predicted molar refractivity (Wildman–Crippen MR) is 144 cm³/mol. The second-order valence-electron chi connectivity index (χ2n) is 9.04. The maximum atomic E-state index is 13.7. The second-order valence-corrected chi connectivity index (χ2v) is 12.4. The highest BCUT2D eigenvalue weighted by Crippen LogP contribution is 2.34. The van der Waals surface area contributed by atoms with Crippen molar-refractivity contribution in [2.75, 3.05) is 19.7 Å². The first-order chi connectivity index (χ1) is 17.2. The van der Waals surface area contributed by atoms with Crippen LogP contribution in [0.1, 0.15) is 42.3 Å². The summed E-state index contributed by atoms with van der Waals surface area (Å²) >= 11 is 7.65. The molecule has 0 saturated carbocycles. The number of hydrogen-bond acceptors (Lipinski definition) is 5. The van der Waals surface area contributed by atoms with Crippen molar-refractivity contribution in [3.63, 3.8) is 0 Å². The van der Waals surface area contributed by atoms with E-state index < -0.39 is 10.0 Å². The summed E-state index contributed by atoms with van der Waals surface area (Å²) < 4.78 is 34.5. The van der Waals surface area contributed by atoms with Crippen LogP contribution < -0.4 is 4.74 Å². The molecule has 1 aromatic heterocycles. The summed E-state index contributed by atoms with van der Waals surface area (Å²) in [5, 5.41) is 2.49. The minimum absolute atomic E-state index is 0.123. The molecule has 0 aliphatic carbocycles. The molecule has 0 N–H and O–H groups in total. The average Bonchev–Trinajstić information content (AvgIpc) is 3.35. The van der Waals surface area contributed by atoms with Crippen LogP contribution in [0.4, 0.5) is 0 Å². The van der Waals surface area contributed by atoms with Gasteiger partial charge in [-0.2, -0.15) is 4.31 Å². The van der Waals surface area contributed by atoms with E-state index in [1.165, 1.54) is 21.3 Å². The lowest BCUT2D eigenvalue weighted by Gasteiger charge is -2.37. The number of nitrogens with zero attached hydrogens (tertiary/aromatic N) is 2. The number of carbonyl (C=O) groups is 1. The number of thiophene rings is 1. The number of amides is 1. The molecule has 6 nitrogen and oxygen atoms in total. The Balaban J connectivity index is 1.58. The zero-order valence-electron chi connectivity index (χ0n) is 20.7. The van der Waals surface area contributed by atoms with E-state index in [0.29, 0.717) is 24.6 Å². The van der Waals surface area contributed by atoms with Crippen LogP contribution in [0, 0.1) is 6.92 Å². The molecule has 0 saturated heterocycles. The maximum Gasteiger partial charge on any atom is 0.243 e. The first-order valence-corrected chi connectivity index (χ1v) is 14.7. The number of halogens is 1. The van der Waals surface area contributed by atoms with Crippen LogP contribution in [0.25, 0.3) is 0 Å². The summed E-state index contributed by atoms with van der Waals surface area (Å²) in [6.45, 7) is 6.34. The van der Waals surface area contributed by atoms with Crippen LogP contribution >= 0.6 is 22.9 Å². The fourth-order valence-corrected chi connectivity index (χ4v) is 7.04. The van der Waals surface area contributed by atoms with E-state index >= 15 is 0 Å².